The minimum absolute atomic E-state index is 0.314. The Morgan fingerprint density at radius 3 is 2.84 bits per heavy atom. The van der Waals surface area contributed by atoms with Crippen molar-refractivity contribution in [2.45, 2.75) is 19.0 Å². The number of urea groups is 1. The van der Waals surface area contributed by atoms with Crippen LogP contribution in [0.2, 0.25) is 0 Å². The zero-order valence-electron chi connectivity index (χ0n) is 10.9. The van der Waals surface area contributed by atoms with Gasteiger partial charge in [-0.25, -0.2) is 9.59 Å². The Bertz CT molecular complexity index is 435. The second-order valence-electron chi connectivity index (χ2n) is 4.02. The predicted octanol–water partition coefficient (Wildman–Crippen LogP) is 0.426. The molecule has 1 heterocycles. The fourth-order valence-electron chi connectivity index (χ4n) is 1.45. The number of carbonyl (C=O) groups excluding carboxylic acids is 1. The molecule has 3 N–H and O–H groups in total. The highest BCUT2D eigenvalue weighted by Gasteiger charge is 2.18. The first-order valence-corrected chi connectivity index (χ1v) is 7.16. The van der Waals surface area contributed by atoms with Crippen LogP contribution in [0.1, 0.15) is 12.0 Å². The van der Waals surface area contributed by atoms with Gasteiger partial charge in [0.15, 0.2) is 0 Å². The minimum atomic E-state index is -1.02. The van der Waals surface area contributed by atoms with E-state index < -0.39 is 18.0 Å². The predicted molar refractivity (Wildman–Crippen MR) is 73.0 cm³/mol. The van der Waals surface area contributed by atoms with E-state index in [0.29, 0.717) is 18.7 Å². The maximum atomic E-state index is 11.6. The van der Waals surface area contributed by atoms with Gasteiger partial charge in [0, 0.05) is 25.4 Å². The molecule has 8 heteroatoms. The number of rotatable bonds is 7. The Hall–Kier alpha value is -1.70. The molecule has 1 aromatic rings. The quantitative estimate of drug-likeness (QED) is 0.675. The molecule has 7 nitrogen and oxygen atoms in total. The van der Waals surface area contributed by atoms with Gasteiger partial charge in [0.1, 0.15) is 6.04 Å². The molecule has 1 aromatic heterocycles. The molecule has 0 saturated carbocycles. The normalized spacial score (nSPS) is 11.9. The summed E-state index contributed by atoms with van der Waals surface area (Å²) in [6.45, 7) is 0.314. The molecular weight excluding hydrogens is 268 g/mol. The highest BCUT2D eigenvalue weighted by molar-refractivity contribution is 7.98. The molecule has 0 spiro atoms. The molecule has 0 aromatic carbocycles. The number of hydrogen-bond donors (Lipinski definition) is 3. The number of carboxylic acids is 1. The van der Waals surface area contributed by atoms with Crippen LogP contribution in [0.3, 0.4) is 0 Å². The van der Waals surface area contributed by atoms with Crippen LogP contribution in [0.5, 0.6) is 0 Å². The van der Waals surface area contributed by atoms with E-state index in [1.165, 1.54) is 0 Å². The minimum Gasteiger partial charge on any atom is -0.480 e. The average molecular weight is 286 g/mol. The Kier molecular flexibility index (Phi) is 6.20. The van der Waals surface area contributed by atoms with Gasteiger partial charge in [-0.2, -0.15) is 16.9 Å². The van der Waals surface area contributed by atoms with E-state index >= 15 is 0 Å². The fraction of sp³-hybridized carbons (Fsp3) is 0.545. The van der Waals surface area contributed by atoms with Gasteiger partial charge in [0.2, 0.25) is 0 Å². The lowest BCUT2D eigenvalue weighted by molar-refractivity contribution is -0.139. The number of hydrogen-bond acceptors (Lipinski definition) is 4. The van der Waals surface area contributed by atoms with E-state index in [9.17, 15) is 9.59 Å². The molecule has 2 amide bonds. The van der Waals surface area contributed by atoms with Crippen LogP contribution in [0.25, 0.3) is 0 Å². The number of aryl methyl sites for hydroxylation is 1. The summed E-state index contributed by atoms with van der Waals surface area (Å²) in [6.07, 6.45) is 5.71. The van der Waals surface area contributed by atoms with Crippen molar-refractivity contribution >= 4 is 23.8 Å². The van der Waals surface area contributed by atoms with Crippen molar-refractivity contribution < 1.29 is 14.7 Å². The van der Waals surface area contributed by atoms with Crippen molar-refractivity contribution in [1.82, 2.24) is 20.4 Å². The monoisotopic (exact) mass is 286 g/mol. The standard InChI is InChI=1S/C11H18N4O3S/c1-15-7-8(6-13-15)5-12-11(18)14-9(10(16)17)3-4-19-2/h6-7,9H,3-5H2,1-2H3,(H,16,17)(H2,12,14,18)/t9-/m1/s1. The van der Waals surface area contributed by atoms with Crippen LogP contribution in [0.4, 0.5) is 4.79 Å². The van der Waals surface area contributed by atoms with Gasteiger partial charge in [-0.05, 0) is 18.4 Å². The summed E-state index contributed by atoms with van der Waals surface area (Å²) in [6, 6.07) is -1.35. The molecule has 0 aliphatic carbocycles. The summed E-state index contributed by atoms with van der Waals surface area (Å²) in [5.74, 6) is -0.342. The first-order valence-electron chi connectivity index (χ1n) is 5.76. The second kappa shape index (κ2) is 7.67. The van der Waals surface area contributed by atoms with Gasteiger partial charge in [0.05, 0.1) is 6.20 Å². The summed E-state index contributed by atoms with van der Waals surface area (Å²) >= 11 is 1.54. The summed E-state index contributed by atoms with van der Waals surface area (Å²) in [5, 5.41) is 18.0. The van der Waals surface area contributed by atoms with Crippen molar-refractivity contribution in [2.75, 3.05) is 12.0 Å². The summed E-state index contributed by atoms with van der Waals surface area (Å²) in [5.41, 5.74) is 0.855. The van der Waals surface area contributed by atoms with Gasteiger partial charge in [0.25, 0.3) is 0 Å². The van der Waals surface area contributed by atoms with E-state index in [1.807, 2.05) is 6.26 Å². The summed E-state index contributed by atoms with van der Waals surface area (Å²) in [4.78, 5) is 22.5. The summed E-state index contributed by atoms with van der Waals surface area (Å²) < 4.78 is 1.63. The molecule has 19 heavy (non-hydrogen) atoms. The Labute approximate surface area is 115 Å². The third-order valence-electron chi connectivity index (χ3n) is 2.43. The molecule has 0 unspecified atom stereocenters. The molecule has 1 rings (SSSR count). The topological polar surface area (TPSA) is 96.3 Å². The molecule has 0 bridgehead atoms. The smallest absolute Gasteiger partial charge is 0.326 e. The molecule has 0 fully saturated rings. The Morgan fingerprint density at radius 1 is 1.58 bits per heavy atom. The van der Waals surface area contributed by atoms with E-state index in [1.54, 1.807) is 35.9 Å². The van der Waals surface area contributed by atoms with Gasteiger partial charge < -0.3 is 15.7 Å². The zero-order valence-corrected chi connectivity index (χ0v) is 11.7. The highest BCUT2D eigenvalue weighted by Crippen LogP contribution is 2.01. The lowest BCUT2D eigenvalue weighted by atomic mass is 10.2. The molecule has 0 aliphatic heterocycles. The number of carbonyl (C=O) groups is 2. The molecular formula is C11H18N4O3S. The van der Waals surface area contributed by atoms with E-state index in [2.05, 4.69) is 15.7 Å². The van der Waals surface area contributed by atoms with Crippen LogP contribution in [-0.4, -0.2) is 44.9 Å². The van der Waals surface area contributed by atoms with Crippen LogP contribution in [-0.2, 0) is 18.4 Å². The van der Waals surface area contributed by atoms with Crippen LogP contribution < -0.4 is 10.6 Å². The molecule has 0 aliphatic rings. The first-order chi connectivity index (χ1) is 9.02. The number of aromatic nitrogens is 2. The summed E-state index contributed by atoms with van der Waals surface area (Å²) in [7, 11) is 1.78. The third-order valence-corrected chi connectivity index (χ3v) is 3.07. The number of carboxylic acid groups (broad SMARTS) is 1. The zero-order chi connectivity index (χ0) is 14.3. The number of nitrogens with one attached hydrogen (secondary N) is 2. The van der Waals surface area contributed by atoms with Crippen LogP contribution >= 0.6 is 11.8 Å². The maximum absolute atomic E-state index is 11.6. The van der Waals surface area contributed by atoms with Crippen molar-refractivity contribution in [3.63, 3.8) is 0 Å². The molecule has 0 radical (unpaired) electrons. The highest BCUT2D eigenvalue weighted by atomic mass is 32.2. The fourth-order valence-corrected chi connectivity index (χ4v) is 1.92. The lowest BCUT2D eigenvalue weighted by Gasteiger charge is -2.14. The largest absolute Gasteiger partial charge is 0.480 e. The van der Waals surface area contributed by atoms with Gasteiger partial charge in [-0.15, -0.1) is 0 Å². The first kappa shape index (κ1) is 15.4. The van der Waals surface area contributed by atoms with Gasteiger partial charge in [-0.1, -0.05) is 0 Å². The van der Waals surface area contributed by atoms with Crippen LogP contribution in [0, 0.1) is 0 Å². The number of nitrogens with zero attached hydrogens (tertiary/aromatic N) is 2. The number of aliphatic carboxylic acids is 1. The van der Waals surface area contributed by atoms with Gasteiger partial charge >= 0.3 is 12.0 Å². The van der Waals surface area contributed by atoms with E-state index in [-0.39, 0.29) is 0 Å². The molecule has 106 valence electrons. The van der Waals surface area contributed by atoms with Crippen molar-refractivity contribution in [3.05, 3.63) is 18.0 Å². The van der Waals surface area contributed by atoms with E-state index in [4.69, 9.17) is 5.11 Å². The third kappa shape index (κ3) is 5.64. The Morgan fingerprint density at radius 2 is 2.32 bits per heavy atom. The van der Waals surface area contributed by atoms with Crippen LogP contribution in [0.15, 0.2) is 12.4 Å². The van der Waals surface area contributed by atoms with Gasteiger partial charge in [-0.3, -0.25) is 4.68 Å². The second-order valence-corrected chi connectivity index (χ2v) is 5.01. The SMILES string of the molecule is CSCC[C@@H](NC(=O)NCc1cnn(C)c1)C(=O)O. The maximum Gasteiger partial charge on any atom is 0.326 e. The Balaban J connectivity index is 2.37. The number of thioether (sulfide) groups is 1. The average Bonchev–Trinajstić information content (AvgIpc) is 2.77. The lowest BCUT2D eigenvalue weighted by Crippen LogP contribution is -2.46. The van der Waals surface area contributed by atoms with Crippen molar-refractivity contribution in [1.29, 1.82) is 0 Å². The number of amides is 2. The molecule has 1 atom stereocenters. The van der Waals surface area contributed by atoms with E-state index in [0.717, 1.165) is 5.56 Å². The van der Waals surface area contributed by atoms with Crippen molar-refractivity contribution in [3.8, 4) is 0 Å². The van der Waals surface area contributed by atoms with Crippen molar-refractivity contribution in [2.24, 2.45) is 7.05 Å². The molecule has 0 saturated heterocycles.